The zero-order valence-corrected chi connectivity index (χ0v) is 12.0. The summed E-state index contributed by atoms with van der Waals surface area (Å²) in [7, 11) is 3.28. The lowest BCUT2D eigenvalue weighted by molar-refractivity contribution is -0.143. The molecule has 0 amide bonds. The van der Waals surface area contributed by atoms with Crippen molar-refractivity contribution in [3.8, 4) is 11.5 Å². The molecule has 0 unspecified atom stereocenters. The summed E-state index contributed by atoms with van der Waals surface area (Å²) in [5.74, 6) is 0.718. The van der Waals surface area contributed by atoms with Crippen LogP contribution in [-0.4, -0.2) is 43.3 Å². The molecule has 5 heteroatoms. The molecule has 1 fully saturated rings. The lowest BCUT2D eigenvalue weighted by atomic mass is 9.97. The predicted molar refractivity (Wildman–Crippen MR) is 75.2 cm³/mol. The summed E-state index contributed by atoms with van der Waals surface area (Å²) in [6, 6.07) is 5.79. The number of rotatable bonds is 5. The Kier molecular flexibility index (Phi) is 4.84. The van der Waals surface area contributed by atoms with Gasteiger partial charge in [-0.2, -0.15) is 0 Å². The predicted octanol–water partition coefficient (Wildman–Crippen LogP) is 2.00. The van der Waals surface area contributed by atoms with Gasteiger partial charge in [0.05, 0.1) is 20.1 Å². The molecule has 5 nitrogen and oxygen atoms in total. The number of piperidine rings is 1. The Hall–Kier alpha value is -1.75. The Labute approximate surface area is 119 Å². The number of hydrogen-bond donors (Lipinski definition) is 1. The lowest BCUT2D eigenvalue weighted by Crippen LogP contribution is -2.35. The first kappa shape index (κ1) is 14.7. The molecule has 0 saturated carbocycles. The average molecular weight is 279 g/mol. The van der Waals surface area contributed by atoms with Crippen molar-refractivity contribution < 1.29 is 19.4 Å². The molecule has 1 aromatic carbocycles. The molecule has 0 spiro atoms. The van der Waals surface area contributed by atoms with Crippen LogP contribution in [0, 0.1) is 5.92 Å². The highest BCUT2D eigenvalue weighted by Gasteiger charge is 2.24. The second-order valence-electron chi connectivity index (χ2n) is 5.07. The molecular formula is C15H21NO4. The van der Waals surface area contributed by atoms with E-state index in [0.717, 1.165) is 36.7 Å². The third kappa shape index (κ3) is 3.42. The standard InChI is InChI=1S/C15H21NO4/c1-19-13-4-3-12(14(9-13)20-2)10-16-7-5-11(6-8-16)15(17)18/h3-4,9,11H,5-8,10H2,1-2H3,(H,17,18). The van der Waals surface area contributed by atoms with Crippen LogP contribution in [0.1, 0.15) is 18.4 Å². The summed E-state index contributed by atoms with van der Waals surface area (Å²) < 4.78 is 10.6. The maximum atomic E-state index is 10.9. The number of carbonyl (C=O) groups is 1. The van der Waals surface area contributed by atoms with E-state index < -0.39 is 5.97 Å². The number of benzene rings is 1. The highest BCUT2D eigenvalue weighted by Crippen LogP contribution is 2.27. The van der Waals surface area contributed by atoms with Crippen molar-refractivity contribution in [3.05, 3.63) is 23.8 Å². The number of ether oxygens (including phenoxy) is 2. The smallest absolute Gasteiger partial charge is 0.306 e. The maximum Gasteiger partial charge on any atom is 0.306 e. The third-order valence-corrected chi connectivity index (χ3v) is 3.83. The average Bonchev–Trinajstić information content (AvgIpc) is 2.48. The van der Waals surface area contributed by atoms with Crippen LogP contribution in [0.4, 0.5) is 0 Å². The lowest BCUT2D eigenvalue weighted by Gasteiger charge is -2.30. The molecule has 0 radical (unpaired) electrons. The van der Waals surface area contributed by atoms with E-state index in [9.17, 15) is 4.79 Å². The van der Waals surface area contributed by atoms with E-state index in [1.54, 1.807) is 14.2 Å². The van der Waals surface area contributed by atoms with Crippen molar-refractivity contribution in [1.29, 1.82) is 0 Å². The first-order chi connectivity index (χ1) is 9.63. The molecule has 0 bridgehead atoms. The van der Waals surface area contributed by atoms with Crippen molar-refractivity contribution in [3.63, 3.8) is 0 Å². The Bertz CT molecular complexity index is 467. The van der Waals surface area contributed by atoms with Crippen LogP contribution in [0.5, 0.6) is 11.5 Å². The molecule has 1 aliphatic rings. The normalized spacial score (nSPS) is 16.9. The molecule has 110 valence electrons. The molecule has 1 heterocycles. The molecule has 0 aromatic heterocycles. The number of methoxy groups -OCH3 is 2. The van der Waals surface area contributed by atoms with Gasteiger partial charge in [0, 0.05) is 18.2 Å². The Morgan fingerprint density at radius 1 is 1.30 bits per heavy atom. The highest BCUT2D eigenvalue weighted by molar-refractivity contribution is 5.70. The topological polar surface area (TPSA) is 59.0 Å². The minimum absolute atomic E-state index is 0.191. The van der Waals surface area contributed by atoms with Gasteiger partial charge in [0.15, 0.2) is 0 Å². The van der Waals surface area contributed by atoms with Gasteiger partial charge in [-0.15, -0.1) is 0 Å². The highest BCUT2D eigenvalue weighted by atomic mass is 16.5. The van der Waals surface area contributed by atoms with E-state index in [0.29, 0.717) is 12.8 Å². The zero-order chi connectivity index (χ0) is 14.5. The Morgan fingerprint density at radius 2 is 2.00 bits per heavy atom. The maximum absolute atomic E-state index is 10.9. The van der Waals surface area contributed by atoms with Gasteiger partial charge in [-0.1, -0.05) is 6.07 Å². The van der Waals surface area contributed by atoms with Gasteiger partial charge in [-0.05, 0) is 32.0 Å². The summed E-state index contributed by atoms with van der Waals surface area (Å²) in [5.41, 5.74) is 1.10. The van der Waals surface area contributed by atoms with E-state index in [4.69, 9.17) is 14.6 Å². The zero-order valence-electron chi connectivity index (χ0n) is 12.0. The van der Waals surface area contributed by atoms with Gasteiger partial charge < -0.3 is 14.6 Å². The molecule has 1 aliphatic heterocycles. The van der Waals surface area contributed by atoms with E-state index >= 15 is 0 Å². The third-order valence-electron chi connectivity index (χ3n) is 3.83. The van der Waals surface area contributed by atoms with Gasteiger partial charge in [0.2, 0.25) is 0 Å². The van der Waals surface area contributed by atoms with Crippen LogP contribution in [0.15, 0.2) is 18.2 Å². The number of aliphatic carboxylic acids is 1. The molecule has 20 heavy (non-hydrogen) atoms. The van der Waals surface area contributed by atoms with Crippen LogP contribution in [0.25, 0.3) is 0 Å². The Balaban J connectivity index is 1.99. The number of nitrogens with zero attached hydrogens (tertiary/aromatic N) is 1. The van der Waals surface area contributed by atoms with Crippen LogP contribution < -0.4 is 9.47 Å². The van der Waals surface area contributed by atoms with Gasteiger partial charge in [0.25, 0.3) is 0 Å². The molecule has 0 aliphatic carbocycles. The largest absolute Gasteiger partial charge is 0.497 e. The van der Waals surface area contributed by atoms with E-state index in [1.165, 1.54) is 0 Å². The van der Waals surface area contributed by atoms with Gasteiger partial charge in [-0.25, -0.2) is 0 Å². The summed E-state index contributed by atoms with van der Waals surface area (Å²) in [5, 5.41) is 9.00. The quantitative estimate of drug-likeness (QED) is 0.893. The summed E-state index contributed by atoms with van der Waals surface area (Å²) in [4.78, 5) is 13.2. The molecule has 1 saturated heterocycles. The van der Waals surface area contributed by atoms with Gasteiger partial charge in [0.1, 0.15) is 11.5 Å². The van der Waals surface area contributed by atoms with Crippen molar-refractivity contribution >= 4 is 5.97 Å². The van der Waals surface area contributed by atoms with Crippen molar-refractivity contribution in [1.82, 2.24) is 4.90 Å². The fraction of sp³-hybridized carbons (Fsp3) is 0.533. The molecule has 1 aromatic rings. The summed E-state index contributed by atoms with van der Waals surface area (Å²) in [6.07, 6.45) is 1.43. The van der Waals surface area contributed by atoms with E-state index in [1.807, 2.05) is 18.2 Å². The first-order valence-corrected chi connectivity index (χ1v) is 6.80. The number of likely N-dealkylation sites (tertiary alicyclic amines) is 1. The second-order valence-corrected chi connectivity index (χ2v) is 5.07. The molecule has 2 rings (SSSR count). The monoisotopic (exact) mass is 279 g/mol. The van der Waals surface area contributed by atoms with Crippen molar-refractivity contribution in [2.24, 2.45) is 5.92 Å². The number of hydrogen-bond acceptors (Lipinski definition) is 4. The van der Waals surface area contributed by atoms with Crippen LogP contribution in [0.3, 0.4) is 0 Å². The molecule has 0 atom stereocenters. The van der Waals surface area contributed by atoms with Crippen LogP contribution in [-0.2, 0) is 11.3 Å². The fourth-order valence-electron chi connectivity index (χ4n) is 2.56. The first-order valence-electron chi connectivity index (χ1n) is 6.80. The summed E-state index contributed by atoms with van der Waals surface area (Å²) in [6.45, 7) is 2.40. The number of carboxylic acid groups (broad SMARTS) is 1. The molecule has 1 N–H and O–H groups in total. The number of carboxylic acids is 1. The SMILES string of the molecule is COc1ccc(CN2CCC(C(=O)O)CC2)c(OC)c1. The van der Waals surface area contributed by atoms with Crippen molar-refractivity contribution in [2.45, 2.75) is 19.4 Å². The van der Waals surface area contributed by atoms with Crippen LogP contribution in [0.2, 0.25) is 0 Å². The second kappa shape index (κ2) is 6.61. The minimum atomic E-state index is -0.674. The van der Waals surface area contributed by atoms with Gasteiger partial charge >= 0.3 is 5.97 Å². The minimum Gasteiger partial charge on any atom is -0.497 e. The van der Waals surface area contributed by atoms with Crippen molar-refractivity contribution in [2.75, 3.05) is 27.3 Å². The summed E-state index contributed by atoms with van der Waals surface area (Å²) >= 11 is 0. The van der Waals surface area contributed by atoms with E-state index in [-0.39, 0.29) is 5.92 Å². The molecular weight excluding hydrogens is 258 g/mol. The van der Waals surface area contributed by atoms with E-state index in [2.05, 4.69) is 4.90 Å². The fourth-order valence-corrected chi connectivity index (χ4v) is 2.56. The Morgan fingerprint density at radius 3 is 2.55 bits per heavy atom. The van der Waals surface area contributed by atoms with Gasteiger partial charge in [-0.3, -0.25) is 9.69 Å². The van der Waals surface area contributed by atoms with Crippen LogP contribution >= 0.6 is 0 Å².